The van der Waals surface area contributed by atoms with Gasteiger partial charge in [-0.1, -0.05) is 12.1 Å². The molecule has 0 bridgehead atoms. The Bertz CT molecular complexity index is 2250. The molecule has 1 saturated heterocycles. The van der Waals surface area contributed by atoms with Crippen LogP contribution in [0.25, 0.3) is 11.2 Å². The molecule has 18 nitrogen and oxygen atoms in total. The first-order valence-electron chi connectivity index (χ1n) is 17.4. The van der Waals surface area contributed by atoms with Crippen molar-refractivity contribution < 1.29 is 54.1 Å². The number of carbonyl (C=O) groups is 3. The number of nitrogens with zero attached hydrogens (tertiary/aromatic N) is 3. The number of hydrogen-bond acceptors (Lipinski definition) is 16. The van der Waals surface area contributed by atoms with Crippen molar-refractivity contribution in [3.63, 3.8) is 0 Å². The fourth-order valence-corrected chi connectivity index (χ4v) is 7.57. The number of ether oxygens (including phenoxy) is 3. The van der Waals surface area contributed by atoms with Gasteiger partial charge in [0.05, 0.1) is 55.1 Å². The second kappa shape index (κ2) is 13.9. The minimum atomic E-state index is -2.31. The van der Waals surface area contributed by atoms with Gasteiger partial charge in [-0.15, -0.1) is 0 Å². The molecule has 2 aromatic heterocycles. The summed E-state index contributed by atoms with van der Waals surface area (Å²) < 4.78 is 19.3. The zero-order chi connectivity index (χ0) is 38.8. The fraction of sp³-hybridized carbons (Fsp3) is 0.444. The van der Waals surface area contributed by atoms with E-state index in [9.17, 15) is 44.7 Å². The highest BCUT2D eigenvalue weighted by atomic mass is 16.7. The second-order valence-corrected chi connectivity index (χ2v) is 14.0. The number of methoxy groups -OCH3 is 1. The van der Waals surface area contributed by atoms with Crippen LogP contribution in [-0.4, -0.2) is 113 Å². The Morgan fingerprint density at radius 2 is 1.89 bits per heavy atom. The lowest BCUT2D eigenvalue weighted by molar-refractivity contribution is -0.249. The molecule has 0 saturated carbocycles. The Morgan fingerprint density at radius 1 is 1.15 bits per heavy atom. The van der Waals surface area contributed by atoms with Gasteiger partial charge in [-0.2, -0.15) is 4.98 Å². The molecule has 4 unspecified atom stereocenters. The van der Waals surface area contributed by atoms with Crippen molar-refractivity contribution >= 4 is 34.5 Å². The molecule has 2 aromatic carbocycles. The van der Waals surface area contributed by atoms with Crippen molar-refractivity contribution in [2.45, 2.75) is 82.3 Å². The molecule has 4 aromatic rings. The first-order chi connectivity index (χ1) is 25.7. The number of ketones is 3. The van der Waals surface area contributed by atoms with Crippen LogP contribution in [0.1, 0.15) is 88.7 Å². The lowest BCUT2D eigenvalue weighted by Gasteiger charge is -2.43. The van der Waals surface area contributed by atoms with Crippen molar-refractivity contribution in [1.29, 1.82) is 0 Å². The Kier molecular flexibility index (Phi) is 9.53. The number of fused-ring (bicyclic) bond motifs is 4. The van der Waals surface area contributed by atoms with Gasteiger partial charge in [0.25, 0.3) is 5.56 Å². The Balaban J connectivity index is 1.18. The molecule has 1 fully saturated rings. The molecular weight excluding hydrogens is 708 g/mol. The molecule has 1 aliphatic heterocycles. The number of H-pyrrole nitrogens is 1. The standard InChI is InChI=1S/C36H40N6O12/c1-14(2)42-13-39-27-33(42)40-35(41-34(27)50)38-12-37-18-8-22(53-15(3)28(18)45)54-20-10-36(51,21(44)11-43)9-17-24(20)32(49)26-25(30(17)47)29(46)16-6-5-7-19(52-4)23(16)31(26)48/h5-7,13-15,18,20,22,28,37,43,45,47,49,51H,8-12H2,1-4H3,(H2,38,40,41,50)/t15?,18?,20-,22?,28?,36-/m0/s1. The number of aromatic hydroxyl groups is 2. The maximum atomic E-state index is 13.9. The van der Waals surface area contributed by atoms with Crippen molar-refractivity contribution in [2.75, 3.05) is 25.7 Å². The summed E-state index contributed by atoms with van der Waals surface area (Å²) in [6.45, 7) is 4.41. The number of hydrogen-bond donors (Lipinski definition) is 8. The molecule has 18 heteroatoms. The van der Waals surface area contributed by atoms with Crippen molar-refractivity contribution in [2.24, 2.45) is 0 Å². The SMILES string of the molecule is COc1cccc2c1C(=O)c1c(O)c3c(c(O)c1C2=O)C[C@@](O)(C(=O)CO)C[C@@H]3OC1CC(NCNc2nc3c(ncn3C(C)C)c(=O)[nH]2)C(O)C(C)O1. The van der Waals surface area contributed by atoms with Crippen molar-refractivity contribution in [1.82, 2.24) is 24.8 Å². The minimum Gasteiger partial charge on any atom is -0.507 e. The molecular formula is C36H40N6O12. The predicted octanol–water partition coefficient (Wildman–Crippen LogP) is 0.716. The number of aliphatic hydroxyl groups is 3. The number of phenols is 2. The zero-order valence-corrected chi connectivity index (χ0v) is 29.7. The van der Waals surface area contributed by atoms with Gasteiger partial charge in [0, 0.05) is 48.0 Å². The maximum absolute atomic E-state index is 13.9. The normalized spacial score (nSPS) is 25.0. The van der Waals surface area contributed by atoms with Gasteiger partial charge >= 0.3 is 0 Å². The van der Waals surface area contributed by atoms with E-state index in [1.807, 2.05) is 13.8 Å². The van der Waals surface area contributed by atoms with E-state index < -0.39 is 101 Å². The maximum Gasteiger partial charge on any atom is 0.280 e. The largest absolute Gasteiger partial charge is 0.507 e. The molecule has 54 heavy (non-hydrogen) atoms. The number of Topliss-reactive ketones (excluding diaryl/α,β-unsaturated/α-hetero) is 1. The van der Waals surface area contributed by atoms with E-state index in [1.165, 1.54) is 31.6 Å². The first kappa shape index (κ1) is 37.1. The predicted molar refractivity (Wildman–Crippen MR) is 188 cm³/mol. The number of aromatic nitrogens is 4. The van der Waals surface area contributed by atoms with Crippen LogP contribution in [0.15, 0.2) is 29.3 Å². The number of nitrogens with one attached hydrogen (secondary N) is 3. The Morgan fingerprint density at radius 3 is 2.59 bits per heavy atom. The average Bonchev–Trinajstić information content (AvgIpc) is 3.58. The molecule has 6 atom stereocenters. The average molecular weight is 749 g/mol. The highest BCUT2D eigenvalue weighted by Gasteiger charge is 2.50. The number of benzene rings is 2. The van der Waals surface area contributed by atoms with Gasteiger partial charge in [0.1, 0.15) is 29.5 Å². The van der Waals surface area contributed by atoms with Crippen LogP contribution in [0, 0.1) is 0 Å². The molecule has 3 heterocycles. The highest BCUT2D eigenvalue weighted by molar-refractivity contribution is 6.31. The van der Waals surface area contributed by atoms with Crippen LogP contribution in [-0.2, 0) is 20.7 Å². The van der Waals surface area contributed by atoms with Crippen LogP contribution in [0.5, 0.6) is 17.2 Å². The molecule has 7 rings (SSSR count). The number of anilines is 1. The molecule has 0 spiro atoms. The van der Waals surface area contributed by atoms with Gasteiger partial charge in [0.2, 0.25) is 11.7 Å². The number of carbonyl (C=O) groups excluding carboxylic acids is 3. The number of phenolic OH excluding ortho intramolecular Hbond substituents is 2. The number of aromatic amines is 1. The van der Waals surface area contributed by atoms with E-state index in [0.717, 1.165) is 0 Å². The van der Waals surface area contributed by atoms with E-state index in [0.29, 0.717) is 5.65 Å². The monoisotopic (exact) mass is 748 g/mol. The number of imidazole rings is 1. The van der Waals surface area contributed by atoms with Crippen LogP contribution in [0.4, 0.5) is 5.95 Å². The summed E-state index contributed by atoms with van der Waals surface area (Å²) in [7, 11) is 1.32. The molecule has 0 radical (unpaired) electrons. The summed E-state index contributed by atoms with van der Waals surface area (Å²) in [6, 6.07) is 3.65. The third-order valence-corrected chi connectivity index (χ3v) is 10.4. The van der Waals surface area contributed by atoms with Gasteiger partial charge in [-0.3, -0.25) is 29.5 Å². The lowest BCUT2D eigenvalue weighted by Crippen LogP contribution is -2.55. The van der Waals surface area contributed by atoms with E-state index in [2.05, 4.69) is 25.6 Å². The number of rotatable bonds is 10. The molecule has 2 aliphatic carbocycles. The lowest BCUT2D eigenvalue weighted by atomic mass is 9.72. The van der Waals surface area contributed by atoms with Crippen LogP contribution in [0.2, 0.25) is 0 Å². The van der Waals surface area contributed by atoms with Crippen LogP contribution in [0.3, 0.4) is 0 Å². The molecule has 3 aliphatic rings. The van der Waals surface area contributed by atoms with Gasteiger partial charge in [-0.05, 0) is 26.8 Å². The summed E-state index contributed by atoms with van der Waals surface area (Å²) in [5.41, 5.74) is -3.75. The Hall–Kier alpha value is -5.24. The highest BCUT2D eigenvalue weighted by Crippen LogP contribution is 2.52. The molecule has 286 valence electrons. The zero-order valence-electron chi connectivity index (χ0n) is 29.7. The first-order valence-corrected chi connectivity index (χ1v) is 17.4. The topological polar surface area (TPSA) is 268 Å². The number of aliphatic hydroxyl groups excluding tert-OH is 2. The van der Waals surface area contributed by atoms with Crippen molar-refractivity contribution in [3.8, 4) is 17.2 Å². The van der Waals surface area contributed by atoms with E-state index >= 15 is 0 Å². The van der Waals surface area contributed by atoms with Gasteiger partial charge < -0.3 is 49.6 Å². The third-order valence-electron chi connectivity index (χ3n) is 10.4. The van der Waals surface area contributed by atoms with Crippen LogP contribution < -0.4 is 20.9 Å². The summed E-state index contributed by atoms with van der Waals surface area (Å²) in [6.07, 6.45) is -4.10. The summed E-state index contributed by atoms with van der Waals surface area (Å²) in [5.74, 6) is -3.80. The van der Waals surface area contributed by atoms with E-state index in [4.69, 9.17) is 14.2 Å². The van der Waals surface area contributed by atoms with Crippen molar-refractivity contribution in [3.05, 3.63) is 68.3 Å². The molecule has 0 amide bonds. The third kappa shape index (κ3) is 6.00. The molecule has 8 N–H and O–H groups in total. The minimum absolute atomic E-state index is 0.000486. The Labute approximate surface area is 306 Å². The second-order valence-electron chi connectivity index (χ2n) is 14.0. The van der Waals surface area contributed by atoms with E-state index in [-0.39, 0.29) is 58.6 Å². The van der Waals surface area contributed by atoms with Gasteiger partial charge in [-0.25, -0.2) is 4.98 Å². The summed E-state index contributed by atoms with van der Waals surface area (Å²) in [4.78, 5) is 64.5. The summed E-state index contributed by atoms with van der Waals surface area (Å²) in [5, 5.41) is 61.8. The fourth-order valence-electron chi connectivity index (χ4n) is 7.57. The summed E-state index contributed by atoms with van der Waals surface area (Å²) >= 11 is 0. The van der Waals surface area contributed by atoms with Gasteiger partial charge in [0.15, 0.2) is 29.0 Å². The van der Waals surface area contributed by atoms with E-state index in [1.54, 1.807) is 11.5 Å². The smallest absolute Gasteiger partial charge is 0.280 e. The van der Waals surface area contributed by atoms with Crippen LogP contribution >= 0.6 is 0 Å². The quantitative estimate of drug-likeness (QED) is 0.0722.